The zero-order chi connectivity index (χ0) is 15.6. The third kappa shape index (κ3) is 2.81. The summed E-state index contributed by atoms with van der Waals surface area (Å²) < 4.78 is 20.0. The van der Waals surface area contributed by atoms with E-state index in [0.717, 1.165) is 4.57 Å². The van der Waals surface area contributed by atoms with E-state index in [2.05, 4.69) is 10.0 Å². The second-order valence-corrected chi connectivity index (χ2v) is 4.39. The van der Waals surface area contributed by atoms with E-state index in [1.807, 2.05) is 0 Å². The third-order valence-electron chi connectivity index (χ3n) is 3.12. The first kappa shape index (κ1) is 15.2. The van der Waals surface area contributed by atoms with Crippen molar-refractivity contribution in [2.75, 3.05) is 6.61 Å². The van der Waals surface area contributed by atoms with Crippen LogP contribution in [0, 0.1) is 5.82 Å². The summed E-state index contributed by atoms with van der Waals surface area (Å²) >= 11 is 0. The fourth-order valence-electron chi connectivity index (χ4n) is 2.06. The van der Waals surface area contributed by atoms with Crippen molar-refractivity contribution < 1.29 is 19.3 Å². The first-order chi connectivity index (χ1) is 9.99. The quantitative estimate of drug-likeness (QED) is 0.419. The number of halogens is 1. The molecule has 0 amide bonds. The molecular weight excluding hydrogens is 289 g/mol. The Morgan fingerprint density at radius 2 is 2.29 bits per heavy atom. The first-order valence-electron chi connectivity index (χ1n) is 5.96. The molecule has 21 heavy (non-hydrogen) atoms. The molecule has 0 bridgehead atoms. The van der Waals surface area contributed by atoms with E-state index in [1.54, 1.807) is 0 Å². The molecule has 3 atom stereocenters. The van der Waals surface area contributed by atoms with E-state index in [9.17, 15) is 19.1 Å². The molecule has 0 spiro atoms. The minimum absolute atomic E-state index is 0.0513. The van der Waals surface area contributed by atoms with Crippen LogP contribution in [0.15, 0.2) is 20.9 Å². The van der Waals surface area contributed by atoms with Crippen LogP contribution in [0.3, 0.4) is 0 Å². The maximum atomic E-state index is 13.6. The molecule has 114 valence electrons. The lowest BCUT2D eigenvalue weighted by Crippen LogP contribution is -2.42. The molecule has 0 aliphatic carbocycles. The van der Waals surface area contributed by atoms with Gasteiger partial charge in [0.1, 0.15) is 19.0 Å². The van der Waals surface area contributed by atoms with Gasteiger partial charge in [0.15, 0.2) is 0 Å². The highest BCUT2D eigenvalue weighted by atomic mass is 19.1. The van der Waals surface area contributed by atoms with Gasteiger partial charge in [-0.05, 0) is 5.53 Å². The molecule has 11 heteroatoms. The van der Waals surface area contributed by atoms with Crippen LogP contribution in [0.4, 0.5) is 4.39 Å². The van der Waals surface area contributed by atoms with Gasteiger partial charge < -0.3 is 14.9 Å². The summed E-state index contributed by atoms with van der Waals surface area (Å²) in [6.07, 6.45) is -2.34. The minimum Gasteiger partial charge on any atom is -0.394 e. The molecule has 1 fully saturated rings. The van der Waals surface area contributed by atoms with Gasteiger partial charge in [-0.15, -0.1) is 0 Å². The van der Waals surface area contributed by atoms with E-state index in [-0.39, 0.29) is 6.42 Å². The predicted molar refractivity (Wildman–Crippen MR) is 65.7 cm³/mol. The summed E-state index contributed by atoms with van der Waals surface area (Å²) in [5, 5.41) is 21.7. The number of ether oxygens (including phenoxy) is 1. The van der Waals surface area contributed by atoms with E-state index in [4.69, 9.17) is 15.4 Å². The van der Waals surface area contributed by atoms with E-state index < -0.39 is 48.8 Å². The fourth-order valence-corrected chi connectivity index (χ4v) is 2.06. The summed E-state index contributed by atoms with van der Waals surface area (Å²) in [5.74, 6) is -1.23. The van der Waals surface area contributed by atoms with Crippen LogP contribution < -0.4 is 11.2 Å². The molecule has 2 heterocycles. The largest absolute Gasteiger partial charge is 0.394 e. The molecule has 0 unspecified atom stereocenters. The minimum atomic E-state index is -1.23. The third-order valence-corrected chi connectivity index (χ3v) is 3.12. The monoisotopic (exact) mass is 301 g/mol. The van der Waals surface area contributed by atoms with Crippen LogP contribution in [0.25, 0.3) is 10.4 Å². The Labute approximate surface area is 116 Å². The first-order valence-corrected chi connectivity index (χ1v) is 5.96. The molecule has 2 rings (SSSR count). The van der Waals surface area contributed by atoms with Gasteiger partial charge in [-0.25, -0.2) is 4.79 Å². The van der Waals surface area contributed by atoms with Crippen molar-refractivity contribution in [2.24, 2.45) is 5.11 Å². The number of azide groups is 1. The van der Waals surface area contributed by atoms with Gasteiger partial charge in [0, 0.05) is 11.3 Å². The van der Waals surface area contributed by atoms with Gasteiger partial charge in [0.25, 0.3) is 5.56 Å². The zero-order valence-corrected chi connectivity index (χ0v) is 10.7. The Bertz CT molecular complexity index is 694. The Hall–Kier alpha value is -2.20. The number of hydrogen-bond acceptors (Lipinski definition) is 6. The summed E-state index contributed by atoms with van der Waals surface area (Å²) in [5.41, 5.74) is 6.05. The van der Waals surface area contributed by atoms with Crippen LogP contribution in [0.2, 0.25) is 0 Å². The Balaban J connectivity index is 2.46. The smallest absolute Gasteiger partial charge is 0.333 e. The topological polar surface area (TPSA) is 142 Å². The second-order valence-electron chi connectivity index (χ2n) is 4.39. The molecule has 2 N–H and O–H groups in total. The normalized spacial score (nSPS) is 24.8. The maximum Gasteiger partial charge on any atom is 0.333 e. The number of nitrogens with zero attached hydrogens (tertiary/aromatic N) is 5. The van der Waals surface area contributed by atoms with E-state index >= 15 is 0 Å². The summed E-state index contributed by atoms with van der Waals surface area (Å²) in [6, 6.07) is 0. The van der Waals surface area contributed by atoms with Crippen molar-refractivity contribution in [3.63, 3.8) is 0 Å². The lowest BCUT2D eigenvalue weighted by Gasteiger charge is -2.16. The highest BCUT2D eigenvalue weighted by molar-refractivity contribution is 4.93. The lowest BCUT2D eigenvalue weighted by atomic mass is 10.2. The van der Waals surface area contributed by atoms with Crippen molar-refractivity contribution in [2.45, 2.75) is 31.5 Å². The Kier molecular flexibility index (Phi) is 4.38. The number of aliphatic hydroxyl groups excluding tert-OH is 2. The summed E-state index contributed by atoms with van der Waals surface area (Å²) in [4.78, 5) is 26.0. The number of hydrogen-bond donors (Lipinski definition) is 2. The van der Waals surface area contributed by atoms with Crippen molar-refractivity contribution in [3.8, 4) is 0 Å². The molecule has 10 nitrogen and oxygen atoms in total. The highest BCUT2D eigenvalue weighted by Crippen LogP contribution is 2.27. The van der Waals surface area contributed by atoms with Gasteiger partial charge in [0.2, 0.25) is 5.82 Å². The standard InChI is InChI=1S/C10H12FN5O5/c11-5-2-15(8-1-6(18)7(3-17)21-8)10(20)16(9(5)19)4-13-14-12/h2,6-8,17-18H,1,3-4H2/t6-,7+,8+/m0/s1. The van der Waals surface area contributed by atoms with Gasteiger partial charge in [0.05, 0.1) is 18.9 Å². The molecule has 0 saturated carbocycles. The van der Waals surface area contributed by atoms with Gasteiger partial charge >= 0.3 is 5.69 Å². The molecule has 1 saturated heterocycles. The predicted octanol–water partition coefficient (Wildman–Crippen LogP) is -0.942. The SMILES string of the molecule is [N-]=[N+]=NCn1c(=O)c(F)cn([C@H]2C[C@H](O)[C@@H](CO)O2)c1=O. The highest BCUT2D eigenvalue weighted by Gasteiger charge is 2.35. The summed E-state index contributed by atoms with van der Waals surface area (Å²) in [7, 11) is 0. The molecule has 1 aliphatic heterocycles. The lowest BCUT2D eigenvalue weighted by molar-refractivity contribution is -0.0466. The van der Waals surface area contributed by atoms with Crippen LogP contribution in [-0.4, -0.2) is 38.2 Å². The van der Waals surface area contributed by atoms with E-state index in [1.165, 1.54) is 0 Å². The van der Waals surface area contributed by atoms with Crippen LogP contribution >= 0.6 is 0 Å². The maximum absolute atomic E-state index is 13.6. The number of aromatic nitrogens is 2. The molecule has 1 aliphatic rings. The van der Waals surface area contributed by atoms with Crippen LogP contribution in [-0.2, 0) is 11.4 Å². The molecular formula is C10H12FN5O5. The van der Waals surface area contributed by atoms with Gasteiger partial charge in [-0.3, -0.25) is 13.9 Å². The number of aliphatic hydroxyl groups is 2. The van der Waals surface area contributed by atoms with Crippen LogP contribution in [0.5, 0.6) is 0 Å². The Morgan fingerprint density at radius 3 is 2.86 bits per heavy atom. The van der Waals surface area contributed by atoms with Gasteiger partial charge in [-0.2, -0.15) is 4.39 Å². The Morgan fingerprint density at radius 1 is 1.57 bits per heavy atom. The van der Waals surface area contributed by atoms with E-state index in [0.29, 0.717) is 10.8 Å². The zero-order valence-electron chi connectivity index (χ0n) is 10.7. The molecule has 0 aromatic carbocycles. The molecule has 1 aromatic rings. The van der Waals surface area contributed by atoms with Crippen molar-refractivity contribution in [1.29, 1.82) is 0 Å². The average molecular weight is 301 g/mol. The van der Waals surface area contributed by atoms with Gasteiger partial charge in [-0.1, -0.05) is 5.11 Å². The van der Waals surface area contributed by atoms with Crippen molar-refractivity contribution in [1.82, 2.24) is 9.13 Å². The fraction of sp³-hybridized carbons (Fsp3) is 0.600. The van der Waals surface area contributed by atoms with Crippen molar-refractivity contribution in [3.05, 3.63) is 43.3 Å². The second kappa shape index (κ2) is 6.06. The van der Waals surface area contributed by atoms with Crippen LogP contribution in [0.1, 0.15) is 12.6 Å². The summed E-state index contributed by atoms with van der Waals surface area (Å²) in [6.45, 7) is -1.13. The van der Waals surface area contributed by atoms with Crippen molar-refractivity contribution >= 4 is 0 Å². The molecule has 0 radical (unpaired) electrons. The average Bonchev–Trinajstić information content (AvgIpc) is 2.84. The number of rotatable bonds is 4. The molecule has 1 aromatic heterocycles.